The minimum Gasteiger partial charge on any atom is -0.486 e. The Morgan fingerprint density at radius 1 is 1.28 bits per heavy atom. The van der Waals surface area contributed by atoms with Crippen molar-refractivity contribution >= 4 is 15.9 Å². The summed E-state index contributed by atoms with van der Waals surface area (Å²) >= 11 is 3.39. The van der Waals surface area contributed by atoms with E-state index >= 15 is 0 Å². The molecule has 0 fully saturated rings. The monoisotopic (exact) mass is 309 g/mol. The topological polar surface area (TPSA) is 34.4 Å². The van der Waals surface area contributed by atoms with Gasteiger partial charge in [0.25, 0.3) is 0 Å². The van der Waals surface area contributed by atoms with Crippen LogP contribution in [0.5, 0.6) is 5.75 Å². The summed E-state index contributed by atoms with van der Waals surface area (Å²) in [6.07, 6.45) is 0. The zero-order valence-corrected chi connectivity index (χ0v) is 12.1. The van der Waals surface area contributed by atoms with Gasteiger partial charge >= 0.3 is 0 Å². The fourth-order valence-electron chi connectivity index (χ4n) is 1.68. The van der Waals surface area contributed by atoms with Gasteiger partial charge in [0.15, 0.2) is 0 Å². The molecule has 1 aromatic heterocycles. The largest absolute Gasteiger partial charge is 0.486 e. The van der Waals surface area contributed by atoms with Crippen molar-refractivity contribution in [1.82, 2.24) is 5.32 Å². The van der Waals surface area contributed by atoms with Crippen molar-refractivity contribution in [2.24, 2.45) is 0 Å². The first-order valence-corrected chi connectivity index (χ1v) is 6.59. The van der Waals surface area contributed by atoms with Crippen molar-refractivity contribution in [2.45, 2.75) is 20.1 Å². The third-order valence-corrected chi connectivity index (χ3v) is 3.13. The maximum atomic E-state index is 5.70. The van der Waals surface area contributed by atoms with Crippen LogP contribution in [0.25, 0.3) is 0 Å². The number of hydrogen-bond acceptors (Lipinski definition) is 3. The summed E-state index contributed by atoms with van der Waals surface area (Å²) in [5.74, 6) is 2.65. The third kappa shape index (κ3) is 3.37. The molecular weight excluding hydrogens is 294 g/mol. The van der Waals surface area contributed by atoms with Gasteiger partial charge in [0.2, 0.25) is 0 Å². The Labute approximate surface area is 115 Å². The molecule has 1 N–H and O–H groups in total. The SMILES string of the molecule is CNCc1oc(COc2ccc(Br)cc2)cc1C. The number of benzene rings is 1. The number of aryl methyl sites for hydroxylation is 1. The summed E-state index contributed by atoms with van der Waals surface area (Å²) in [4.78, 5) is 0. The second kappa shape index (κ2) is 6.07. The normalized spacial score (nSPS) is 10.6. The molecule has 0 aliphatic heterocycles. The average Bonchev–Trinajstić information content (AvgIpc) is 2.70. The van der Waals surface area contributed by atoms with Crippen LogP contribution in [0, 0.1) is 6.92 Å². The number of nitrogens with one attached hydrogen (secondary N) is 1. The zero-order chi connectivity index (χ0) is 13.0. The molecule has 0 saturated heterocycles. The van der Waals surface area contributed by atoms with Crippen molar-refractivity contribution in [1.29, 1.82) is 0 Å². The van der Waals surface area contributed by atoms with Crippen molar-refractivity contribution in [2.75, 3.05) is 7.05 Å². The van der Waals surface area contributed by atoms with Crippen LogP contribution >= 0.6 is 15.9 Å². The van der Waals surface area contributed by atoms with Gasteiger partial charge in [-0.1, -0.05) is 15.9 Å². The van der Waals surface area contributed by atoms with Crippen LogP contribution in [0.4, 0.5) is 0 Å². The van der Waals surface area contributed by atoms with E-state index < -0.39 is 0 Å². The van der Waals surface area contributed by atoms with Crippen molar-refractivity contribution in [3.05, 3.63) is 51.9 Å². The van der Waals surface area contributed by atoms with Crippen LogP contribution < -0.4 is 10.1 Å². The Morgan fingerprint density at radius 2 is 2.00 bits per heavy atom. The van der Waals surface area contributed by atoms with Gasteiger partial charge in [0.05, 0.1) is 6.54 Å². The molecule has 2 aromatic rings. The van der Waals surface area contributed by atoms with Crippen molar-refractivity contribution in [3.63, 3.8) is 0 Å². The summed E-state index contributed by atoms with van der Waals surface area (Å²) in [6, 6.07) is 9.78. The number of ether oxygens (including phenoxy) is 1. The Bertz CT molecular complexity index is 505. The molecule has 18 heavy (non-hydrogen) atoms. The molecular formula is C14H16BrNO2. The van der Waals surface area contributed by atoms with E-state index in [0.29, 0.717) is 6.61 Å². The molecule has 0 radical (unpaired) electrons. The number of furan rings is 1. The lowest BCUT2D eigenvalue weighted by Crippen LogP contribution is -2.04. The second-order valence-electron chi connectivity index (χ2n) is 4.09. The van der Waals surface area contributed by atoms with Crippen LogP contribution in [0.15, 0.2) is 39.2 Å². The highest BCUT2D eigenvalue weighted by Crippen LogP contribution is 2.19. The molecule has 0 aliphatic carbocycles. The van der Waals surface area contributed by atoms with E-state index in [4.69, 9.17) is 9.15 Å². The molecule has 1 aromatic carbocycles. The van der Waals surface area contributed by atoms with E-state index in [1.54, 1.807) is 0 Å². The minimum atomic E-state index is 0.451. The Balaban J connectivity index is 1.97. The molecule has 2 rings (SSSR count). The lowest BCUT2D eigenvalue weighted by Gasteiger charge is -2.03. The smallest absolute Gasteiger partial charge is 0.146 e. The van der Waals surface area contributed by atoms with E-state index in [2.05, 4.69) is 21.2 Å². The van der Waals surface area contributed by atoms with Gasteiger partial charge in [-0.15, -0.1) is 0 Å². The minimum absolute atomic E-state index is 0.451. The van der Waals surface area contributed by atoms with E-state index in [1.165, 1.54) is 0 Å². The first-order valence-electron chi connectivity index (χ1n) is 5.80. The summed E-state index contributed by atoms with van der Waals surface area (Å²) in [7, 11) is 1.90. The maximum Gasteiger partial charge on any atom is 0.146 e. The number of halogens is 1. The fourth-order valence-corrected chi connectivity index (χ4v) is 1.95. The van der Waals surface area contributed by atoms with Crippen LogP contribution in [-0.2, 0) is 13.2 Å². The molecule has 0 spiro atoms. The predicted molar refractivity (Wildman–Crippen MR) is 74.7 cm³/mol. The molecule has 0 aliphatic rings. The molecule has 0 saturated carbocycles. The van der Waals surface area contributed by atoms with Gasteiger partial charge in [-0.25, -0.2) is 0 Å². The van der Waals surface area contributed by atoms with E-state index in [0.717, 1.165) is 33.9 Å². The number of hydrogen-bond donors (Lipinski definition) is 1. The van der Waals surface area contributed by atoms with Gasteiger partial charge in [-0.05, 0) is 49.9 Å². The van der Waals surface area contributed by atoms with Gasteiger partial charge in [-0.2, -0.15) is 0 Å². The molecule has 96 valence electrons. The first kappa shape index (κ1) is 13.2. The van der Waals surface area contributed by atoms with E-state index in [-0.39, 0.29) is 0 Å². The highest BCUT2D eigenvalue weighted by atomic mass is 79.9. The Morgan fingerprint density at radius 3 is 2.67 bits per heavy atom. The molecule has 4 heteroatoms. The van der Waals surface area contributed by atoms with Gasteiger partial charge in [0, 0.05) is 4.47 Å². The molecule has 1 heterocycles. The highest BCUT2D eigenvalue weighted by Gasteiger charge is 2.07. The van der Waals surface area contributed by atoms with Crippen LogP contribution in [-0.4, -0.2) is 7.05 Å². The fraction of sp³-hybridized carbons (Fsp3) is 0.286. The van der Waals surface area contributed by atoms with Crippen LogP contribution in [0.2, 0.25) is 0 Å². The quantitative estimate of drug-likeness (QED) is 0.915. The van der Waals surface area contributed by atoms with Gasteiger partial charge in [0.1, 0.15) is 23.9 Å². The molecule has 0 unspecified atom stereocenters. The van der Waals surface area contributed by atoms with Crippen LogP contribution in [0.3, 0.4) is 0 Å². The number of rotatable bonds is 5. The first-order chi connectivity index (χ1) is 8.69. The Kier molecular flexibility index (Phi) is 4.44. The highest BCUT2D eigenvalue weighted by molar-refractivity contribution is 9.10. The zero-order valence-electron chi connectivity index (χ0n) is 10.5. The lowest BCUT2D eigenvalue weighted by atomic mass is 10.2. The molecule has 0 bridgehead atoms. The summed E-state index contributed by atoms with van der Waals surface area (Å²) in [6.45, 7) is 3.23. The molecule has 0 amide bonds. The van der Waals surface area contributed by atoms with E-state index in [1.807, 2.05) is 44.3 Å². The second-order valence-corrected chi connectivity index (χ2v) is 5.01. The summed E-state index contributed by atoms with van der Waals surface area (Å²) < 4.78 is 12.4. The lowest BCUT2D eigenvalue weighted by molar-refractivity contribution is 0.265. The van der Waals surface area contributed by atoms with E-state index in [9.17, 15) is 0 Å². The van der Waals surface area contributed by atoms with Gasteiger partial charge < -0.3 is 14.5 Å². The average molecular weight is 310 g/mol. The Hall–Kier alpha value is -1.26. The third-order valence-electron chi connectivity index (χ3n) is 2.60. The predicted octanol–water partition coefficient (Wildman–Crippen LogP) is 3.65. The van der Waals surface area contributed by atoms with Crippen molar-refractivity contribution < 1.29 is 9.15 Å². The van der Waals surface area contributed by atoms with Gasteiger partial charge in [-0.3, -0.25) is 0 Å². The summed E-state index contributed by atoms with van der Waals surface area (Å²) in [5.41, 5.74) is 1.15. The van der Waals surface area contributed by atoms with Crippen molar-refractivity contribution in [3.8, 4) is 5.75 Å². The standard InChI is InChI=1S/C14H16BrNO2/c1-10-7-13(18-14(10)8-16-2)9-17-12-5-3-11(15)4-6-12/h3-7,16H,8-9H2,1-2H3. The summed E-state index contributed by atoms with van der Waals surface area (Å²) in [5, 5.41) is 3.08. The van der Waals surface area contributed by atoms with Crippen LogP contribution in [0.1, 0.15) is 17.1 Å². The maximum absolute atomic E-state index is 5.70. The molecule has 3 nitrogen and oxygen atoms in total. The molecule has 0 atom stereocenters.